The molecule has 2 aromatic carbocycles. The van der Waals surface area contributed by atoms with E-state index in [2.05, 4.69) is 4.74 Å². The Hall–Kier alpha value is -3.42. The summed E-state index contributed by atoms with van der Waals surface area (Å²) in [5.41, 5.74) is 10.8. The lowest BCUT2D eigenvalue weighted by atomic mass is 10.0. The van der Waals surface area contributed by atoms with Crippen molar-refractivity contribution in [1.82, 2.24) is 0 Å². The highest BCUT2D eigenvalue weighted by molar-refractivity contribution is 5.96. The summed E-state index contributed by atoms with van der Waals surface area (Å²) in [7, 11) is 0. The van der Waals surface area contributed by atoms with Gasteiger partial charge in [0.2, 0.25) is 0 Å². The van der Waals surface area contributed by atoms with Crippen LogP contribution in [0.5, 0.6) is 5.75 Å². The molecule has 27 heavy (non-hydrogen) atoms. The molecular formula is C19H19FN2O5. The first kappa shape index (κ1) is 19.9. The molecule has 0 heterocycles. The van der Waals surface area contributed by atoms with Crippen LogP contribution in [0.4, 0.5) is 9.18 Å². The summed E-state index contributed by atoms with van der Waals surface area (Å²) in [5.74, 6) is -1.03. The molecule has 8 heteroatoms. The molecule has 4 N–H and O–H groups in total. The second-order valence-corrected chi connectivity index (χ2v) is 5.69. The number of hydrogen-bond acceptors (Lipinski definition) is 5. The van der Waals surface area contributed by atoms with Gasteiger partial charge in [-0.05, 0) is 30.3 Å². The minimum Gasteiger partial charge on any atom is -0.489 e. The van der Waals surface area contributed by atoms with Crippen molar-refractivity contribution in [2.45, 2.75) is 25.6 Å². The Morgan fingerprint density at radius 2 is 1.67 bits per heavy atom. The van der Waals surface area contributed by atoms with E-state index in [1.165, 1.54) is 6.07 Å². The number of rotatable bonds is 9. The van der Waals surface area contributed by atoms with Crippen molar-refractivity contribution in [3.05, 3.63) is 65.5 Å². The van der Waals surface area contributed by atoms with E-state index in [9.17, 15) is 18.8 Å². The van der Waals surface area contributed by atoms with E-state index in [4.69, 9.17) is 16.2 Å². The van der Waals surface area contributed by atoms with E-state index in [1.54, 1.807) is 42.5 Å². The van der Waals surface area contributed by atoms with Crippen molar-refractivity contribution in [3.63, 3.8) is 0 Å². The fourth-order valence-corrected chi connectivity index (χ4v) is 2.32. The lowest BCUT2D eigenvalue weighted by molar-refractivity contribution is -0.126. The first-order valence-electron chi connectivity index (χ1n) is 8.11. The zero-order valence-electron chi connectivity index (χ0n) is 14.4. The predicted molar refractivity (Wildman–Crippen MR) is 94.4 cm³/mol. The molecule has 0 unspecified atom stereocenters. The molecule has 0 aliphatic carbocycles. The normalized spacial score (nSPS) is 11.4. The summed E-state index contributed by atoms with van der Waals surface area (Å²) in [4.78, 5) is 34.1. The maximum absolute atomic E-state index is 13.6. The van der Waals surface area contributed by atoms with Crippen LogP contribution in [0.2, 0.25) is 0 Å². The van der Waals surface area contributed by atoms with Gasteiger partial charge in [-0.1, -0.05) is 18.2 Å². The Balaban J connectivity index is 1.90. The number of ketones is 1. The van der Waals surface area contributed by atoms with Crippen molar-refractivity contribution < 1.29 is 28.2 Å². The highest BCUT2D eigenvalue weighted by Gasteiger charge is 2.20. The summed E-state index contributed by atoms with van der Waals surface area (Å²) in [6.45, 7) is 0.0602. The number of nitrogens with two attached hydrogens (primary N) is 2. The van der Waals surface area contributed by atoms with Gasteiger partial charge in [-0.3, -0.25) is 9.59 Å². The molecule has 0 radical (unpaired) electrons. The minimum absolute atomic E-state index is 0.0592. The third kappa shape index (κ3) is 6.10. The Morgan fingerprint density at radius 3 is 2.26 bits per heavy atom. The minimum atomic E-state index is -1.25. The van der Waals surface area contributed by atoms with Gasteiger partial charge < -0.3 is 20.9 Å². The third-order valence-electron chi connectivity index (χ3n) is 3.74. The van der Waals surface area contributed by atoms with Crippen LogP contribution in [0.25, 0.3) is 0 Å². The van der Waals surface area contributed by atoms with Gasteiger partial charge in [0.1, 0.15) is 18.2 Å². The predicted octanol–water partition coefficient (Wildman–Crippen LogP) is 2.32. The van der Waals surface area contributed by atoms with Gasteiger partial charge in [-0.2, -0.15) is 0 Å². The average Bonchev–Trinajstić information content (AvgIpc) is 2.64. The standard InChI is InChI=1S/C19H19FN2O5/c20-15-4-2-1-3-13(15)11-26-14-7-5-12(6-8-14)16(23)9-10-17(18(21)24)27-19(22)25/h1-8,17H,9-11H2,(H2,21,24)(H2,22,25)/t17-/m0/s1. The average molecular weight is 374 g/mol. The van der Waals surface area contributed by atoms with Crippen molar-refractivity contribution in [1.29, 1.82) is 0 Å². The molecule has 0 aliphatic heterocycles. The molecular weight excluding hydrogens is 355 g/mol. The monoisotopic (exact) mass is 374 g/mol. The van der Waals surface area contributed by atoms with Crippen molar-refractivity contribution >= 4 is 17.8 Å². The number of benzene rings is 2. The first-order chi connectivity index (χ1) is 12.9. The summed E-state index contributed by atoms with van der Waals surface area (Å²) >= 11 is 0. The fraction of sp³-hybridized carbons (Fsp3) is 0.211. The van der Waals surface area contributed by atoms with Gasteiger partial charge in [0.05, 0.1) is 0 Å². The number of carbonyl (C=O) groups excluding carboxylic acids is 3. The zero-order valence-corrected chi connectivity index (χ0v) is 14.4. The van der Waals surface area contributed by atoms with Crippen molar-refractivity contribution in [3.8, 4) is 5.75 Å². The molecule has 0 spiro atoms. The van der Waals surface area contributed by atoms with E-state index in [-0.39, 0.29) is 31.0 Å². The zero-order chi connectivity index (χ0) is 19.8. The van der Waals surface area contributed by atoms with Gasteiger partial charge in [0.25, 0.3) is 5.91 Å². The molecule has 7 nitrogen and oxygen atoms in total. The number of amides is 2. The maximum Gasteiger partial charge on any atom is 0.405 e. The topological polar surface area (TPSA) is 122 Å². The van der Waals surface area contributed by atoms with Gasteiger partial charge in [0, 0.05) is 24.0 Å². The SMILES string of the molecule is NC(=O)O[C@@H](CCC(=O)c1ccc(OCc2ccccc2F)cc1)C(N)=O. The molecule has 142 valence electrons. The lowest BCUT2D eigenvalue weighted by Crippen LogP contribution is -2.35. The Labute approximate surface area is 155 Å². The lowest BCUT2D eigenvalue weighted by Gasteiger charge is -2.12. The van der Waals surface area contributed by atoms with Crippen molar-refractivity contribution in [2.75, 3.05) is 0 Å². The van der Waals surface area contributed by atoms with Gasteiger partial charge in [-0.15, -0.1) is 0 Å². The van der Waals surface area contributed by atoms with Gasteiger partial charge in [0.15, 0.2) is 11.9 Å². The largest absolute Gasteiger partial charge is 0.489 e. The Morgan fingerprint density at radius 1 is 1.00 bits per heavy atom. The van der Waals surface area contributed by atoms with Crippen LogP contribution in [0, 0.1) is 5.82 Å². The van der Waals surface area contributed by atoms with Crippen LogP contribution in [-0.4, -0.2) is 23.9 Å². The van der Waals surface area contributed by atoms with Crippen LogP contribution >= 0.6 is 0 Å². The van der Waals surface area contributed by atoms with Crippen LogP contribution in [0.1, 0.15) is 28.8 Å². The Kier molecular flexibility index (Phi) is 6.87. The third-order valence-corrected chi connectivity index (χ3v) is 3.74. The fourth-order valence-electron chi connectivity index (χ4n) is 2.32. The second kappa shape index (κ2) is 9.33. The highest BCUT2D eigenvalue weighted by atomic mass is 19.1. The number of primary amides is 2. The van der Waals surface area contributed by atoms with Gasteiger partial charge >= 0.3 is 6.09 Å². The highest BCUT2D eigenvalue weighted by Crippen LogP contribution is 2.17. The van der Waals surface area contributed by atoms with E-state index in [0.717, 1.165) is 0 Å². The summed E-state index contributed by atoms with van der Waals surface area (Å²) in [5, 5.41) is 0. The van der Waals surface area contributed by atoms with Crippen LogP contribution in [-0.2, 0) is 16.1 Å². The van der Waals surface area contributed by atoms with Crippen LogP contribution in [0.3, 0.4) is 0 Å². The molecule has 0 saturated carbocycles. The quantitative estimate of drug-likeness (QED) is 0.652. The Bertz CT molecular complexity index is 823. The number of hydrogen-bond donors (Lipinski definition) is 2. The van der Waals surface area contributed by atoms with E-state index < -0.39 is 18.1 Å². The molecule has 2 amide bonds. The number of ether oxygens (including phenoxy) is 2. The summed E-state index contributed by atoms with van der Waals surface area (Å²) in [6.07, 6.45) is -2.52. The molecule has 0 fully saturated rings. The van der Waals surface area contributed by atoms with E-state index >= 15 is 0 Å². The van der Waals surface area contributed by atoms with E-state index in [1.807, 2.05) is 0 Å². The second-order valence-electron chi connectivity index (χ2n) is 5.69. The van der Waals surface area contributed by atoms with Crippen LogP contribution in [0.15, 0.2) is 48.5 Å². The maximum atomic E-state index is 13.6. The molecule has 0 saturated heterocycles. The summed E-state index contributed by atoms with van der Waals surface area (Å²) < 4.78 is 23.6. The molecule has 0 aliphatic rings. The van der Waals surface area contributed by atoms with Gasteiger partial charge in [-0.25, -0.2) is 9.18 Å². The van der Waals surface area contributed by atoms with Crippen molar-refractivity contribution in [2.24, 2.45) is 11.5 Å². The smallest absolute Gasteiger partial charge is 0.405 e. The first-order valence-corrected chi connectivity index (χ1v) is 8.11. The molecule has 0 aromatic heterocycles. The van der Waals surface area contributed by atoms with Crippen LogP contribution < -0.4 is 16.2 Å². The number of Topliss-reactive ketones (excluding diaryl/α,β-unsaturated/α-hetero) is 1. The molecule has 0 bridgehead atoms. The molecule has 1 atom stereocenters. The number of halogens is 1. The summed E-state index contributed by atoms with van der Waals surface area (Å²) in [6, 6.07) is 12.5. The number of carbonyl (C=O) groups is 3. The van der Waals surface area contributed by atoms with E-state index in [0.29, 0.717) is 16.9 Å². The molecule has 2 rings (SSSR count). The molecule has 2 aromatic rings.